The number of imidazole rings is 1. The maximum atomic E-state index is 13.4. The third kappa shape index (κ3) is 3.94. The zero-order valence-corrected chi connectivity index (χ0v) is 20.2. The predicted octanol–water partition coefficient (Wildman–Crippen LogP) is 3.33. The van der Waals surface area contributed by atoms with Crippen molar-refractivity contribution in [2.24, 2.45) is 0 Å². The maximum Gasteiger partial charge on any atom is 0.295 e. The van der Waals surface area contributed by atoms with E-state index < -0.39 is 17.7 Å². The number of amides is 1. The van der Waals surface area contributed by atoms with Crippen molar-refractivity contribution in [2.75, 3.05) is 34.3 Å². The summed E-state index contributed by atoms with van der Waals surface area (Å²) in [6.45, 7) is 4.84. The fourth-order valence-corrected chi connectivity index (χ4v) is 4.61. The summed E-state index contributed by atoms with van der Waals surface area (Å²) in [5.41, 5.74) is 3.31. The molecule has 4 rings (SSSR count). The molecule has 0 saturated carbocycles. The van der Waals surface area contributed by atoms with Crippen molar-refractivity contribution in [1.82, 2.24) is 19.2 Å². The Bertz CT molecular complexity index is 1290. The van der Waals surface area contributed by atoms with Gasteiger partial charge in [0.1, 0.15) is 17.1 Å². The van der Waals surface area contributed by atoms with E-state index in [9.17, 15) is 14.7 Å². The van der Waals surface area contributed by atoms with E-state index in [0.717, 1.165) is 12.1 Å². The van der Waals surface area contributed by atoms with Gasteiger partial charge >= 0.3 is 0 Å². The van der Waals surface area contributed by atoms with Crippen LogP contribution in [-0.4, -0.2) is 70.3 Å². The van der Waals surface area contributed by atoms with Gasteiger partial charge in [0.25, 0.3) is 11.7 Å². The second kappa shape index (κ2) is 9.30. The van der Waals surface area contributed by atoms with Gasteiger partial charge in [-0.2, -0.15) is 0 Å². The van der Waals surface area contributed by atoms with Crippen LogP contribution in [0.3, 0.4) is 0 Å². The van der Waals surface area contributed by atoms with Gasteiger partial charge in [-0.25, -0.2) is 4.98 Å². The number of Topliss-reactive ketones (excluding diaryl/α,β-unsaturated/α-hetero) is 1. The molecule has 0 unspecified atom stereocenters. The molecule has 0 bridgehead atoms. The van der Waals surface area contributed by atoms with Crippen LogP contribution in [0.2, 0.25) is 0 Å². The van der Waals surface area contributed by atoms with Crippen molar-refractivity contribution in [1.29, 1.82) is 0 Å². The number of fused-ring (bicyclic) bond motifs is 1. The van der Waals surface area contributed by atoms with Gasteiger partial charge in [-0.05, 0) is 58.6 Å². The Kier molecular flexibility index (Phi) is 6.43. The summed E-state index contributed by atoms with van der Waals surface area (Å²) in [4.78, 5) is 34.7. The zero-order valence-electron chi connectivity index (χ0n) is 20.2. The summed E-state index contributed by atoms with van der Waals surface area (Å²) >= 11 is 0. The quantitative estimate of drug-likeness (QED) is 0.329. The van der Waals surface area contributed by atoms with Crippen molar-refractivity contribution < 1.29 is 19.4 Å². The average Bonchev–Trinajstić information content (AvgIpc) is 3.28. The van der Waals surface area contributed by atoms with Crippen molar-refractivity contribution in [3.63, 3.8) is 0 Å². The molecule has 2 aromatic heterocycles. The van der Waals surface area contributed by atoms with Crippen LogP contribution in [0.25, 0.3) is 11.4 Å². The molecule has 1 fully saturated rings. The third-order valence-corrected chi connectivity index (χ3v) is 6.22. The van der Waals surface area contributed by atoms with E-state index in [0.29, 0.717) is 41.3 Å². The number of pyridine rings is 1. The molecule has 8 nitrogen and oxygen atoms in total. The number of benzene rings is 1. The first-order chi connectivity index (χ1) is 16.3. The van der Waals surface area contributed by atoms with E-state index in [4.69, 9.17) is 4.74 Å². The minimum absolute atomic E-state index is 0.0470. The van der Waals surface area contributed by atoms with Crippen LogP contribution in [0.5, 0.6) is 5.75 Å². The standard InChI is InChI=1S/C26H30N4O4/c1-16-10-8-14-29-21(17(2)27-25(16)29)23(31)20-22(18-11-6-7-12-19(18)34-5)30(26(33)24(20)32)15-9-13-28(3)4/h6-8,10-12,14,22,31H,9,13,15H2,1-5H3/b23-20+/t22-/m1/s1. The Balaban J connectivity index is 1.93. The number of methoxy groups -OCH3 is 1. The van der Waals surface area contributed by atoms with Gasteiger partial charge in [-0.15, -0.1) is 0 Å². The number of hydrogen-bond donors (Lipinski definition) is 1. The molecule has 1 N–H and O–H groups in total. The molecule has 3 aromatic rings. The zero-order chi connectivity index (χ0) is 24.6. The highest BCUT2D eigenvalue weighted by atomic mass is 16.5. The van der Waals surface area contributed by atoms with Crippen LogP contribution in [0.15, 0.2) is 48.2 Å². The molecule has 1 aromatic carbocycles. The van der Waals surface area contributed by atoms with Gasteiger partial charge in [0, 0.05) is 18.3 Å². The predicted molar refractivity (Wildman–Crippen MR) is 130 cm³/mol. The molecule has 1 amide bonds. The minimum Gasteiger partial charge on any atom is -0.505 e. The van der Waals surface area contributed by atoms with Crippen molar-refractivity contribution in [3.8, 4) is 5.75 Å². The Morgan fingerprint density at radius 1 is 1.15 bits per heavy atom. The fourth-order valence-electron chi connectivity index (χ4n) is 4.61. The number of ketones is 1. The number of carbonyl (C=O) groups excluding carboxylic acids is 2. The molecule has 0 aliphatic carbocycles. The van der Waals surface area contributed by atoms with E-state index >= 15 is 0 Å². The van der Waals surface area contributed by atoms with Gasteiger partial charge in [0.15, 0.2) is 5.76 Å². The van der Waals surface area contributed by atoms with Crippen LogP contribution < -0.4 is 4.74 Å². The summed E-state index contributed by atoms with van der Waals surface area (Å²) in [6.07, 6.45) is 2.47. The Labute approximate surface area is 199 Å². The number of rotatable bonds is 7. The number of hydrogen-bond acceptors (Lipinski definition) is 6. The van der Waals surface area contributed by atoms with Gasteiger partial charge < -0.3 is 19.6 Å². The van der Waals surface area contributed by atoms with Crippen molar-refractivity contribution in [2.45, 2.75) is 26.3 Å². The molecule has 1 saturated heterocycles. The first kappa shape index (κ1) is 23.5. The number of aryl methyl sites for hydroxylation is 2. The van der Waals surface area contributed by atoms with Gasteiger partial charge in [-0.1, -0.05) is 24.3 Å². The molecule has 0 radical (unpaired) electrons. The van der Waals surface area contributed by atoms with Crippen molar-refractivity contribution >= 4 is 23.1 Å². The van der Waals surface area contributed by atoms with Crippen LogP contribution in [0.4, 0.5) is 0 Å². The van der Waals surface area contributed by atoms with Gasteiger partial charge in [0.2, 0.25) is 0 Å². The molecular weight excluding hydrogens is 432 g/mol. The topological polar surface area (TPSA) is 87.4 Å². The summed E-state index contributed by atoms with van der Waals surface area (Å²) < 4.78 is 7.33. The number of ether oxygens (including phenoxy) is 1. The molecule has 178 valence electrons. The Morgan fingerprint density at radius 2 is 1.88 bits per heavy atom. The SMILES string of the molecule is COc1ccccc1[C@@H]1/C(=C(\O)c2c(C)nc3c(C)cccn23)C(=O)C(=O)N1CCCN(C)C. The lowest BCUT2D eigenvalue weighted by Crippen LogP contribution is -2.32. The molecule has 1 aliphatic heterocycles. The molecular formula is C26H30N4O4. The summed E-state index contributed by atoms with van der Waals surface area (Å²) in [6, 6.07) is 10.3. The lowest BCUT2D eigenvalue weighted by Gasteiger charge is -2.27. The van der Waals surface area contributed by atoms with Gasteiger partial charge in [0.05, 0.1) is 24.4 Å². The molecule has 1 aliphatic rings. The Morgan fingerprint density at radius 3 is 2.59 bits per heavy atom. The molecule has 3 heterocycles. The smallest absolute Gasteiger partial charge is 0.295 e. The largest absolute Gasteiger partial charge is 0.505 e. The maximum absolute atomic E-state index is 13.4. The number of para-hydroxylation sites is 1. The number of aliphatic hydroxyl groups excluding tert-OH is 1. The van der Waals surface area contributed by atoms with E-state index in [1.54, 1.807) is 35.6 Å². The molecule has 1 atom stereocenters. The monoisotopic (exact) mass is 462 g/mol. The normalized spacial score (nSPS) is 17.8. The van der Waals surface area contributed by atoms with E-state index in [1.165, 1.54) is 0 Å². The van der Waals surface area contributed by atoms with Crippen LogP contribution >= 0.6 is 0 Å². The van der Waals surface area contributed by atoms with Gasteiger partial charge in [-0.3, -0.25) is 14.0 Å². The Hall–Kier alpha value is -3.65. The van der Waals surface area contributed by atoms with E-state index in [-0.39, 0.29) is 11.3 Å². The lowest BCUT2D eigenvalue weighted by atomic mass is 9.95. The third-order valence-electron chi connectivity index (χ3n) is 6.22. The van der Waals surface area contributed by atoms with Crippen LogP contribution in [-0.2, 0) is 9.59 Å². The number of carbonyl (C=O) groups is 2. The fraction of sp³-hybridized carbons (Fsp3) is 0.346. The number of aromatic nitrogens is 2. The summed E-state index contributed by atoms with van der Waals surface area (Å²) in [7, 11) is 5.47. The highest BCUT2D eigenvalue weighted by Gasteiger charge is 2.47. The first-order valence-electron chi connectivity index (χ1n) is 11.3. The lowest BCUT2D eigenvalue weighted by molar-refractivity contribution is -0.140. The van der Waals surface area contributed by atoms with Crippen LogP contribution in [0, 0.1) is 13.8 Å². The molecule has 8 heteroatoms. The first-order valence-corrected chi connectivity index (χ1v) is 11.3. The number of nitrogens with zero attached hydrogens (tertiary/aromatic N) is 4. The second-order valence-electron chi connectivity index (χ2n) is 8.82. The highest BCUT2D eigenvalue weighted by Crippen LogP contribution is 2.43. The number of aliphatic hydroxyl groups is 1. The second-order valence-corrected chi connectivity index (χ2v) is 8.82. The average molecular weight is 463 g/mol. The molecule has 34 heavy (non-hydrogen) atoms. The highest BCUT2D eigenvalue weighted by molar-refractivity contribution is 6.46. The minimum atomic E-state index is -0.770. The van der Waals surface area contributed by atoms with Crippen molar-refractivity contribution in [3.05, 3.63) is 70.7 Å². The molecule has 0 spiro atoms. The number of likely N-dealkylation sites (tertiary alicyclic amines) is 1. The summed E-state index contributed by atoms with van der Waals surface area (Å²) in [5, 5.41) is 11.6. The van der Waals surface area contributed by atoms with Crippen LogP contribution in [0.1, 0.15) is 35.0 Å². The van der Waals surface area contributed by atoms with E-state index in [1.807, 2.05) is 56.3 Å². The van der Waals surface area contributed by atoms with E-state index in [2.05, 4.69) is 4.98 Å². The summed E-state index contributed by atoms with van der Waals surface area (Å²) in [5.74, 6) is -1.03.